The van der Waals surface area contributed by atoms with E-state index in [-0.39, 0.29) is 11.9 Å². The van der Waals surface area contributed by atoms with Gasteiger partial charge >= 0.3 is 0 Å². The minimum atomic E-state index is -0.0105. The minimum absolute atomic E-state index is 0.0105. The van der Waals surface area contributed by atoms with Crippen molar-refractivity contribution >= 4 is 29.3 Å². The summed E-state index contributed by atoms with van der Waals surface area (Å²) in [4.78, 5) is 14.7. The Labute approximate surface area is 138 Å². The molecule has 0 spiro atoms. The number of hydrogen-bond acceptors (Lipinski definition) is 4. The normalized spacial score (nSPS) is 18.5. The third kappa shape index (κ3) is 3.16. The van der Waals surface area contributed by atoms with Crippen LogP contribution in [0.2, 0.25) is 5.02 Å². The number of benzene rings is 1. The Morgan fingerprint density at radius 1 is 1.41 bits per heavy atom. The second kappa shape index (κ2) is 6.77. The summed E-state index contributed by atoms with van der Waals surface area (Å²) in [5.41, 5.74) is 7.21. The van der Waals surface area contributed by atoms with E-state index in [1.807, 2.05) is 40.9 Å². The number of nitrogens with zero attached hydrogens (tertiary/aromatic N) is 1. The van der Waals surface area contributed by atoms with Gasteiger partial charge in [-0.15, -0.1) is 0 Å². The van der Waals surface area contributed by atoms with Crippen molar-refractivity contribution in [3.63, 3.8) is 0 Å². The maximum atomic E-state index is 12.8. The number of rotatable bonds is 3. The summed E-state index contributed by atoms with van der Waals surface area (Å²) in [6, 6.07) is 9.48. The van der Waals surface area contributed by atoms with Crippen LogP contribution in [0.25, 0.3) is 0 Å². The molecule has 1 amide bonds. The summed E-state index contributed by atoms with van der Waals surface area (Å²) in [5, 5.41) is 0.701. The van der Waals surface area contributed by atoms with Crippen LogP contribution in [0.1, 0.15) is 27.7 Å². The molecule has 1 aliphatic rings. The summed E-state index contributed by atoms with van der Waals surface area (Å²) in [6.07, 6.45) is 1.49. The second-order valence-corrected chi connectivity index (χ2v) is 6.73. The molecule has 3 rings (SSSR count). The standard InChI is InChI=1S/C16H17ClN2O2S/c17-13-3-1-11(2-4-13)15-10-22-6-5-19(15)16(20)12-7-14(8-18)21-9-12/h1-4,7,9,15H,5-6,8,10,18H2. The van der Waals surface area contributed by atoms with Gasteiger partial charge in [-0.1, -0.05) is 23.7 Å². The Morgan fingerprint density at radius 3 is 2.86 bits per heavy atom. The highest BCUT2D eigenvalue weighted by atomic mass is 35.5. The van der Waals surface area contributed by atoms with Gasteiger partial charge in [-0.3, -0.25) is 4.79 Å². The third-order valence-electron chi connectivity index (χ3n) is 3.75. The molecule has 2 heterocycles. The Hall–Kier alpha value is -1.43. The van der Waals surface area contributed by atoms with Gasteiger partial charge in [0.15, 0.2) is 0 Å². The van der Waals surface area contributed by atoms with E-state index in [1.165, 1.54) is 6.26 Å². The van der Waals surface area contributed by atoms with Crippen molar-refractivity contribution in [1.82, 2.24) is 4.90 Å². The Balaban J connectivity index is 1.85. The van der Waals surface area contributed by atoms with Gasteiger partial charge in [0, 0.05) is 23.1 Å². The van der Waals surface area contributed by atoms with Gasteiger partial charge in [0.2, 0.25) is 0 Å². The van der Waals surface area contributed by atoms with E-state index >= 15 is 0 Å². The van der Waals surface area contributed by atoms with Gasteiger partial charge in [0.25, 0.3) is 5.91 Å². The first-order valence-corrected chi connectivity index (χ1v) is 8.64. The van der Waals surface area contributed by atoms with Crippen LogP contribution in [0.5, 0.6) is 0 Å². The van der Waals surface area contributed by atoms with Crippen LogP contribution in [0.15, 0.2) is 41.0 Å². The van der Waals surface area contributed by atoms with Gasteiger partial charge in [0.1, 0.15) is 12.0 Å². The molecule has 0 aliphatic carbocycles. The summed E-state index contributed by atoms with van der Waals surface area (Å²) in [5.74, 6) is 2.44. The fraction of sp³-hybridized carbons (Fsp3) is 0.312. The van der Waals surface area contributed by atoms with E-state index in [1.54, 1.807) is 6.07 Å². The van der Waals surface area contributed by atoms with Crippen molar-refractivity contribution in [2.75, 3.05) is 18.1 Å². The molecule has 1 fully saturated rings. The highest BCUT2D eigenvalue weighted by molar-refractivity contribution is 7.99. The average molecular weight is 337 g/mol. The van der Waals surface area contributed by atoms with E-state index in [4.69, 9.17) is 21.8 Å². The van der Waals surface area contributed by atoms with E-state index in [9.17, 15) is 4.79 Å². The summed E-state index contributed by atoms with van der Waals surface area (Å²) >= 11 is 7.81. The van der Waals surface area contributed by atoms with E-state index in [0.29, 0.717) is 22.9 Å². The Morgan fingerprint density at radius 2 is 2.18 bits per heavy atom. The lowest BCUT2D eigenvalue weighted by atomic mass is 10.1. The maximum Gasteiger partial charge on any atom is 0.257 e. The van der Waals surface area contributed by atoms with Crippen molar-refractivity contribution < 1.29 is 9.21 Å². The average Bonchev–Trinajstić information content (AvgIpc) is 3.04. The molecule has 6 heteroatoms. The molecule has 4 nitrogen and oxygen atoms in total. The lowest BCUT2D eigenvalue weighted by Crippen LogP contribution is -2.40. The first kappa shape index (κ1) is 15.5. The first-order valence-electron chi connectivity index (χ1n) is 7.10. The fourth-order valence-electron chi connectivity index (χ4n) is 2.57. The summed E-state index contributed by atoms with van der Waals surface area (Å²) in [6.45, 7) is 1.02. The van der Waals surface area contributed by atoms with Crippen molar-refractivity contribution in [3.05, 3.63) is 58.5 Å². The highest BCUT2D eigenvalue weighted by Gasteiger charge is 2.29. The number of nitrogens with two attached hydrogens (primary N) is 1. The van der Waals surface area contributed by atoms with Crippen LogP contribution in [-0.4, -0.2) is 28.9 Å². The third-order valence-corrected chi connectivity index (χ3v) is 5.02. The molecule has 1 atom stereocenters. The zero-order valence-corrected chi connectivity index (χ0v) is 13.6. The Bertz CT molecular complexity index is 656. The van der Waals surface area contributed by atoms with Crippen LogP contribution >= 0.6 is 23.4 Å². The summed E-state index contributed by atoms with van der Waals surface area (Å²) < 4.78 is 5.29. The quantitative estimate of drug-likeness (QED) is 0.934. The smallest absolute Gasteiger partial charge is 0.257 e. The molecular weight excluding hydrogens is 320 g/mol. The summed E-state index contributed by atoms with van der Waals surface area (Å²) in [7, 11) is 0. The van der Waals surface area contributed by atoms with Crippen molar-refractivity contribution in [2.45, 2.75) is 12.6 Å². The molecule has 1 aliphatic heterocycles. The molecule has 2 aromatic rings. The molecule has 1 unspecified atom stereocenters. The van der Waals surface area contributed by atoms with Crippen LogP contribution in [0.4, 0.5) is 0 Å². The molecule has 1 aromatic carbocycles. The Kier molecular flexibility index (Phi) is 4.76. The highest BCUT2D eigenvalue weighted by Crippen LogP contribution is 2.31. The molecule has 0 radical (unpaired) electrons. The predicted molar refractivity (Wildman–Crippen MR) is 89.2 cm³/mol. The molecule has 0 bridgehead atoms. The maximum absolute atomic E-state index is 12.8. The molecule has 116 valence electrons. The van der Waals surface area contributed by atoms with Gasteiger partial charge in [-0.2, -0.15) is 11.8 Å². The molecule has 1 aromatic heterocycles. The van der Waals surface area contributed by atoms with Crippen LogP contribution in [0.3, 0.4) is 0 Å². The van der Waals surface area contributed by atoms with Gasteiger partial charge < -0.3 is 15.1 Å². The van der Waals surface area contributed by atoms with Crippen molar-refractivity contribution in [1.29, 1.82) is 0 Å². The second-order valence-electron chi connectivity index (χ2n) is 5.15. The van der Waals surface area contributed by atoms with Gasteiger partial charge in [-0.25, -0.2) is 0 Å². The molecular formula is C16H17ClN2O2S. The fourth-order valence-corrected chi connectivity index (χ4v) is 3.79. The van der Waals surface area contributed by atoms with E-state index in [0.717, 1.165) is 23.6 Å². The van der Waals surface area contributed by atoms with Crippen molar-refractivity contribution in [2.24, 2.45) is 5.73 Å². The molecule has 1 saturated heterocycles. The first-order chi connectivity index (χ1) is 10.7. The van der Waals surface area contributed by atoms with Crippen molar-refractivity contribution in [3.8, 4) is 0 Å². The number of carbonyl (C=O) groups excluding carboxylic acids is 1. The molecule has 22 heavy (non-hydrogen) atoms. The van der Waals surface area contributed by atoms with Gasteiger partial charge in [0.05, 0.1) is 18.2 Å². The van der Waals surface area contributed by atoms with Crippen LogP contribution in [0, 0.1) is 0 Å². The lowest BCUT2D eigenvalue weighted by Gasteiger charge is -2.35. The zero-order valence-electron chi connectivity index (χ0n) is 12.0. The number of amides is 1. The predicted octanol–water partition coefficient (Wildman–Crippen LogP) is 3.32. The van der Waals surface area contributed by atoms with Gasteiger partial charge in [-0.05, 0) is 23.8 Å². The number of halogens is 1. The molecule has 2 N–H and O–H groups in total. The lowest BCUT2D eigenvalue weighted by molar-refractivity contribution is 0.0700. The number of hydrogen-bond donors (Lipinski definition) is 1. The van der Waals surface area contributed by atoms with E-state index in [2.05, 4.69) is 0 Å². The SMILES string of the molecule is NCc1cc(C(=O)N2CCSCC2c2ccc(Cl)cc2)co1. The topological polar surface area (TPSA) is 59.5 Å². The monoisotopic (exact) mass is 336 g/mol. The van der Waals surface area contributed by atoms with Crippen LogP contribution < -0.4 is 5.73 Å². The minimum Gasteiger partial charge on any atom is -0.467 e. The number of carbonyl (C=O) groups is 1. The zero-order chi connectivity index (χ0) is 15.5. The number of thioether (sulfide) groups is 1. The van der Waals surface area contributed by atoms with Crippen LogP contribution in [-0.2, 0) is 6.54 Å². The molecule has 0 saturated carbocycles. The largest absolute Gasteiger partial charge is 0.467 e. The van der Waals surface area contributed by atoms with E-state index < -0.39 is 0 Å². The number of furan rings is 1.